The molecule has 1 aromatic rings. The number of nitrogens with zero attached hydrogens (tertiary/aromatic N) is 1. The fraction of sp³-hybridized carbons (Fsp3) is 0.647. The first-order valence-electron chi connectivity index (χ1n) is 8.03. The summed E-state index contributed by atoms with van der Waals surface area (Å²) >= 11 is 0. The third kappa shape index (κ3) is 5.67. The summed E-state index contributed by atoms with van der Waals surface area (Å²) in [7, 11) is 0. The summed E-state index contributed by atoms with van der Waals surface area (Å²) in [5, 5.41) is 0. The molecule has 0 radical (unpaired) electrons. The smallest absolute Gasteiger partial charge is 0.161 e. The Labute approximate surface area is 140 Å². The van der Waals surface area contributed by atoms with Crippen molar-refractivity contribution >= 4 is 12.4 Å². The third-order valence-electron chi connectivity index (χ3n) is 4.10. The maximum Gasteiger partial charge on any atom is 0.161 e. The summed E-state index contributed by atoms with van der Waals surface area (Å²) in [6.45, 7) is 8.64. The van der Waals surface area contributed by atoms with Gasteiger partial charge in [-0.3, -0.25) is 4.90 Å². The minimum atomic E-state index is 0. The molecular formula is C17H29ClN2O2. The Balaban J connectivity index is 0.00000242. The van der Waals surface area contributed by atoms with Gasteiger partial charge in [-0.2, -0.15) is 0 Å². The van der Waals surface area contributed by atoms with Gasteiger partial charge >= 0.3 is 0 Å². The van der Waals surface area contributed by atoms with Crippen molar-refractivity contribution in [1.82, 2.24) is 4.90 Å². The van der Waals surface area contributed by atoms with Crippen LogP contribution in [0.2, 0.25) is 0 Å². The Morgan fingerprint density at radius 2 is 1.95 bits per heavy atom. The van der Waals surface area contributed by atoms with Crippen molar-refractivity contribution < 1.29 is 9.47 Å². The number of ether oxygens (including phenoxy) is 2. The van der Waals surface area contributed by atoms with Crippen LogP contribution in [0.4, 0.5) is 0 Å². The lowest BCUT2D eigenvalue weighted by Gasteiger charge is -2.34. The van der Waals surface area contributed by atoms with Crippen LogP contribution in [0.5, 0.6) is 11.5 Å². The molecule has 1 aliphatic rings. The lowest BCUT2D eigenvalue weighted by molar-refractivity contribution is 0.136. The van der Waals surface area contributed by atoms with Crippen LogP contribution in [0.1, 0.15) is 26.7 Å². The fourth-order valence-electron chi connectivity index (χ4n) is 2.85. The largest absolute Gasteiger partial charge is 0.490 e. The molecule has 126 valence electrons. The van der Waals surface area contributed by atoms with Gasteiger partial charge in [0, 0.05) is 19.1 Å². The standard InChI is InChI=1S/C17H28N2O2.ClH/c1-3-20-16-8-4-5-9-17(16)21-12-11-19-10-6-7-15(13-19)14(2)18;/h4-5,8-9,14-15H,3,6-7,10-13,18H2,1-2H3;1H. The van der Waals surface area contributed by atoms with Crippen LogP contribution in [0.25, 0.3) is 0 Å². The zero-order valence-corrected chi connectivity index (χ0v) is 14.5. The summed E-state index contributed by atoms with van der Waals surface area (Å²) in [6, 6.07) is 8.14. The Hall–Kier alpha value is -0.970. The summed E-state index contributed by atoms with van der Waals surface area (Å²) in [4.78, 5) is 2.46. The molecule has 2 unspecified atom stereocenters. The van der Waals surface area contributed by atoms with Crippen molar-refractivity contribution in [1.29, 1.82) is 0 Å². The Morgan fingerprint density at radius 3 is 2.59 bits per heavy atom. The topological polar surface area (TPSA) is 47.7 Å². The molecule has 1 fully saturated rings. The van der Waals surface area contributed by atoms with E-state index in [1.54, 1.807) is 0 Å². The number of hydrogen-bond acceptors (Lipinski definition) is 4. The second-order valence-electron chi connectivity index (χ2n) is 5.79. The number of likely N-dealkylation sites (tertiary alicyclic amines) is 1. The van der Waals surface area contributed by atoms with Crippen molar-refractivity contribution in [2.45, 2.75) is 32.7 Å². The van der Waals surface area contributed by atoms with Crippen molar-refractivity contribution in [3.8, 4) is 11.5 Å². The molecule has 0 spiro atoms. The van der Waals surface area contributed by atoms with E-state index in [0.717, 1.165) is 31.1 Å². The highest BCUT2D eigenvalue weighted by atomic mass is 35.5. The molecule has 0 saturated carbocycles. The Morgan fingerprint density at radius 1 is 1.27 bits per heavy atom. The average molecular weight is 329 g/mol. The van der Waals surface area contributed by atoms with Crippen molar-refractivity contribution in [2.24, 2.45) is 11.7 Å². The Bertz CT molecular complexity index is 429. The van der Waals surface area contributed by atoms with Gasteiger partial charge in [-0.15, -0.1) is 12.4 Å². The molecule has 0 bridgehead atoms. The number of hydrogen-bond donors (Lipinski definition) is 1. The minimum absolute atomic E-state index is 0. The summed E-state index contributed by atoms with van der Waals surface area (Å²) in [5.41, 5.74) is 6.03. The van der Waals surface area contributed by atoms with Crippen molar-refractivity contribution in [3.05, 3.63) is 24.3 Å². The SMILES string of the molecule is CCOc1ccccc1OCCN1CCCC(C(C)N)C1.Cl. The zero-order chi connectivity index (χ0) is 15.1. The quantitative estimate of drug-likeness (QED) is 0.836. The van der Waals surface area contributed by atoms with Gasteiger partial charge in [0.05, 0.1) is 6.61 Å². The molecule has 1 saturated heterocycles. The van der Waals surface area contributed by atoms with Gasteiger partial charge in [0.25, 0.3) is 0 Å². The zero-order valence-electron chi connectivity index (χ0n) is 13.7. The molecule has 2 rings (SSSR count). The average Bonchev–Trinajstić information content (AvgIpc) is 2.49. The molecule has 2 atom stereocenters. The van der Waals surface area contributed by atoms with E-state index in [9.17, 15) is 0 Å². The maximum absolute atomic E-state index is 6.03. The van der Waals surface area contributed by atoms with Gasteiger partial charge < -0.3 is 15.2 Å². The molecule has 22 heavy (non-hydrogen) atoms. The number of halogens is 1. The van der Waals surface area contributed by atoms with Gasteiger partial charge in [0.2, 0.25) is 0 Å². The molecule has 4 nitrogen and oxygen atoms in total. The van der Waals surface area contributed by atoms with Crippen molar-refractivity contribution in [3.63, 3.8) is 0 Å². The van der Waals surface area contributed by atoms with Gasteiger partial charge in [-0.1, -0.05) is 12.1 Å². The van der Waals surface area contributed by atoms with Gasteiger partial charge in [-0.25, -0.2) is 0 Å². The molecule has 5 heteroatoms. The maximum atomic E-state index is 6.03. The van der Waals surface area contributed by atoms with Crippen LogP contribution in [0.15, 0.2) is 24.3 Å². The van der Waals surface area contributed by atoms with Crippen LogP contribution in [-0.4, -0.2) is 43.8 Å². The first-order chi connectivity index (χ1) is 10.2. The van der Waals surface area contributed by atoms with Crippen LogP contribution in [0, 0.1) is 5.92 Å². The molecular weight excluding hydrogens is 300 g/mol. The van der Waals surface area contributed by atoms with E-state index in [-0.39, 0.29) is 18.4 Å². The van der Waals surface area contributed by atoms with E-state index in [1.165, 1.54) is 12.8 Å². The lowest BCUT2D eigenvalue weighted by atomic mass is 9.92. The van der Waals surface area contributed by atoms with Crippen LogP contribution < -0.4 is 15.2 Å². The highest BCUT2D eigenvalue weighted by molar-refractivity contribution is 5.85. The second-order valence-corrected chi connectivity index (χ2v) is 5.79. The number of para-hydroxylation sites is 2. The number of nitrogens with two attached hydrogens (primary N) is 1. The number of piperidine rings is 1. The summed E-state index contributed by atoms with van der Waals surface area (Å²) in [6.07, 6.45) is 2.49. The van der Waals surface area contributed by atoms with Gasteiger partial charge in [0.1, 0.15) is 6.61 Å². The molecule has 1 aromatic carbocycles. The third-order valence-corrected chi connectivity index (χ3v) is 4.10. The Kier molecular flexibility index (Phi) is 8.61. The minimum Gasteiger partial charge on any atom is -0.490 e. The summed E-state index contributed by atoms with van der Waals surface area (Å²) < 4.78 is 11.5. The van der Waals surface area contributed by atoms with Gasteiger partial charge in [-0.05, 0) is 51.3 Å². The second kappa shape index (κ2) is 9.93. The normalized spacial score (nSPS) is 20.0. The first-order valence-corrected chi connectivity index (χ1v) is 8.03. The first kappa shape index (κ1) is 19.1. The summed E-state index contributed by atoms with van der Waals surface area (Å²) in [5.74, 6) is 2.28. The number of rotatable bonds is 7. The van der Waals surface area contributed by atoms with E-state index in [0.29, 0.717) is 19.1 Å². The van der Waals surface area contributed by atoms with E-state index in [4.69, 9.17) is 15.2 Å². The molecule has 1 heterocycles. The van der Waals surface area contributed by atoms with Crippen LogP contribution >= 0.6 is 12.4 Å². The molecule has 0 aliphatic carbocycles. The predicted molar refractivity (Wildman–Crippen MR) is 93.2 cm³/mol. The molecule has 0 amide bonds. The van der Waals surface area contributed by atoms with E-state index >= 15 is 0 Å². The molecule has 2 N–H and O–H groups in total. The van der Waals surface area contributed by atoms with Crippen molar-refractivity contribution in [2.75, 3.05) is 32.8 Å². The molecule has 1 aliphatic heterocycles. The highest BCUT2D eigenvalue weighted by Gasteiger charge is 2.22. The van der Waals surface area contributed by atoms with E-state index in [2.05, 4.69) is 11.8 Å². The molecule has 0 aromatic heterocycles. The lowest BCUT2D eigenvalue weighted by Crippen LogP contribution is -2.43. The monoisotopic (exact) mass is 328 g/mol. The van der Waals surface area contributed by atoms with E-state index in [1.807, 2.05) is 31.2 Å². The highest BCUT2D eigenvalue weighted by Crippen LogP contribution is 2.26. The van der Waals surface area contributed by atoms with E-state index < -0.39 is 0 Å². The fourth-order valence-corrected chi connectivity index (χ4v) is 2.85. The predicted octanol–water partition coefficient (Wildman–Crippen LogP) is 2.95. The van der Waals surface area contributed by atoms with Gasteiger partial charge in [0.15, 0.2) is 11.5 Å². The number of benzene rings is 1. The van der Waals surface area contributed by atoms with Crippen LogP contribution in [-0.2, 0) is 0 Å². The van der Waals surface area contributed by atoms with Crippen LogP contribution in [0.3, 0.4) is 0 Å².